The standard InChI is InChI=1S/C25H29F2NO4S/c1-17-8-9-23(18-6-4-3-5-7-18)33(31,32)28(17)14-19-12-22(27)20(13-21(19)26)25(10-11-29)15-24(2,30)16-25/h3-7,11-13,17,23,30H,8-10,14-16H2,1-2H3/t17-,23+,24?,25?/m0/s1. The summed E-state index contributed by atoms with van der Waals surface area (Å²) < 4.78 is 58.4. The quantitative estimate of drug-likeness (QED) is 0.626. The van der Waals surface area contributed by atoms with Crippen molar-refractivity contribution in [3.63, 3.8) is 0 Å². The van der Waals surface area contributed by atoms with Crippen LogP contribution in [0, 0.1) is 11.6 Å². The van der Waals surface area contributed by atoms with Crippen molar-refractivity contribution in [1.29, 1.82) is 0 Å². The van der Waals surface area contributed by atoms with Crippen LogP contribution in [0.15, 0.2) is 42.5 Å². The van der Waals surface area contributed by atoms with E-state index in [9.17, 15) is 18.3 Å². The van der Waals surface area contributed by atoms with Gasteiger partial charge in [0.05, 0.1) is 5.60 Å². The van der Waals surface area contributed by atoms with Crippen molar-refractivity contribution < 1.29 is 27.1 Å². The van der Waals surface area contributed by atoms with Gasteiger partial charge in [0, 0.05) is 30.0 Å². The number of benzene rings is 2. The van der Waals surface area contributed by atoms with Crippen LogP contribution in [0.25, 0.3) is 0 Å². The predicted octanol–water partition coefficient (Wildman–Crippen LogP) is 4.39. The molecule has 1 aliphatic heterocycles. The van der Waals surface area contributed by atoms with Crippen LogP contribution in [0.5, 0.6) is 0 Å². The van der Waals surface area contributed by atoms with Crippen molar-refractivity contribution in [2.45, 2.75) is 74.8 Å². The molecule has 2 aromatic rings. The van der Waals surface area contributed by atoms with E-state index in [2.05, 4.69) is 0 Å². The van der Waals surface area contributed by atoms with Gasteiger partial charge in [-0.25, -0.2) is 17.2 Å². The highest BCUT2D eigenvalue weighted by Crippen LogP contribution is 2.53. The van der Waals surface area contributed by atoms with Crippen molar-refractivity contribution >= 4 is 16.3 Å². The Bertz CT molecular complexity index is 1140. The first-order valence-corrected chi connectivity index (χ1v) is 12.7. The number of aliphatic hydroxyl groups is 1. The molecule has 1 aliphatic carbocycles. The van der Waals surface area contributed by atoms with Crippen LogP contribution < -0.4 is 0 Å². The van der Waals surface area contributed by atoms with Gasteiger partial charge in [-0.15, -0.1) is 0 Å². The highest BCUT2D eigenvalue weighted by molar-refractivity contribution is 7.89. The molecule has 0 spiro atoms. The normalized spacial score (nSPS) is 31.7. The molecule has 0 aromatic heterocycles. The average Bonchev–Trinajstić information content (AvgIpc) is 2.72. The molecule has 1 N–H and O–H groups in total. The molecule has 178 valence electrons. The fraction of sp³-hybridized carbons (Fsp3) is 0.480. The summed E-state index contributed by atoms with van der Waals surface area (Å²) in [6.07, 6.45) is 2.03. The molecule has 2 atom stereocenters. The Hall–Kier alpha value is -2.16. The van der Waals surface area contributed by atoms with Crippen molar-refractivity contribution in [3.8, 4) is 0 Å². The minimum absolute atomic E-state index is 0.0187. The number of hydrogen-bond acceptors (Lipinski definition) is 4. The third kappa shape index (κ3) is 4.36. The number of carbonyl (C=O) groups is 1. The van der Waals surface area contributed by atoms with E-state index in [-0.39, 0.29) is 43.0 Å². The number of halogens is 2. The third-order valence-corrected chi connectivity index (χ3v) is 9.51. The molecule has 2 aliphatic rings. The summed E-state index contributed by atoms with van der Waals surface area (Å²) in [5, 5.41) is 9.44. The fourth-order valence-corrected chi connectivity index (χ4v) is 7.83. The summed E-state index contributed by atoms with van der Waals surface area (Å²) in [6, 6.07) is 10.7. The first kappa shape index (κ1) is 24.0. The zero-order chi connectivity index (χ0) is 24.0. The summed E-state index contributed by atoms with van der Waals surface area (Å²) in [5.74, 6) is -1.40. The zero-order valence-electron chi connectivity index (χ0n) is 18.8. The number of rotatable bonds is 6. The van der Waals surface area contributed by atoms with Crippen molar-refractivity contribution in [2.75, 3.05) is 0 Å². The molecule has 0 bridgehead atoms. The van der Waals surface area contributed by atoms with E-state index in [1.807, 2.05) is 6.07 Å². The Labute approximate surface area is 193 Å². The van der Waals surface area contributed by atoms with Crippen LogP contribution in [0.2, 0.25) is 0 Å². The van der Waals surface area contributed by atoms with E-state index < -0.39 is 37.9 Å². The maximum absolute atomic E-state index is 15.2. The molecule has 0 radical (unpaired) electrons. The van der Waals surface area contributed by atoms with Crippen LogP contribution in [0.1, 0.15) is 67.9 Å². The van der Waals surface area contributed by atoms with Gasteiger partial charge in [-0.2, -0.15) is 4.31 Å². The van der Waals surface area contributed by atoms with Gasteiger partial charge in [-0.3, -0.25) is 0 Å². The number of sulfonamides is 1. The molecule has 1 heterocycles. The van der Waals surface area contributed by atoms with Gasteiger partial charge in [-0.05, 0) is 62.8 Å². The predicted molar refractivity (Wildman–Crippen MR) is 121 cm³/mol. The third-order valence-electron chi connectivity index (χ3n) is 7.14. The molecule has 33 heavy (non-hydrogen) atoms. The van der Waals surface area contributed by atoms with Crippen LogP contribution in [-0.2, 0) is 26.8 Å². The molecule has 0 amide bonds. The summed E-state index contributed by atoms with van der Waals surface area (Å²) in [7, 11) is -3.79. The van der Waals surface area contributed by atoms with Gasteiger partial charge < -0.3 is 9.90 Å². The topological polar surface area (TPSA) is 74.7 Å². The number of hydrogen-bond donors (Lipinski definition) is 1. The fourth-order valence-electron chi connectivity index (χ4n) is 5.65. The van der Waals surface area contributed by atoms with Crippen LogP contribution in [0.3, 0.4) is 0 Å². The summed E-state index contributed by atoms with van der Waals surface area (Å²) in [4.78, 5) is 11.2. The van der Waals surface area contributed by atoms with Crippen molar-refractivity contribution in [2.24, 2.45) is 0 Å². The maximum Gasteiger partial charge on any atom is 0.221 e. The minimum Gasteiger partial charge on any atom is -0.390 e. The highest BCUT2D eigenvalue weighted by Gasteiger charge is 2.53. The first-order chi connectivity index (χ1) is 15.5. The Morgan fingerprint density at radius 1 is 1.12 bits per heavy atom. The van der Waals surface area contributed by atoms with Gasteiger partial charge in [0.25, 0.3) is 0 Å². The maximum atomic E-state index is 15.2. The average molecular weight is 478 g/mol. The van der Waals surface area contributed by atoms with Gasteiger partial charge in [0.2, 0.25) is 10.0 Å². The summed E-state index contributed by atoms with van der Waals surface area (Å²) in [5.41, 5.74) is -1.29. The summed E-state index contributed by atoms with van der Waals surface area (Å²) >= 11 is 0. The zero-order valence-corrected chi connectivity index (χ0v) is 19.6. The molecular weight excluding hydrogens is 448 g/mol. The second-order valence-corrected chi connectivity index (χ2v) is 11.9. The van der Waals surface area contributed by atoms with Gasteiger partial charge >= 0.3 is 0 Å². The van der Waals surface area contributed by atoms with Crippen LogP contribution in [0.4, 0.5) is 8.78 Å². The van der Waals surface area contributed by atoms with Crippen molar-refractivity contribution in [3.05, 3.63) is 70.8 Å². The van der Waals surface area contributed by atoms with E-state index in [1.165, 1.54) is 4.31 Å². The molecular formula is C25H29F2NO4S. The second-order valence-electron chi connectivity index (χ2n) is 9.84. The lowest BCUT2D eigenvalue weighted by molar-refractivity contribution is -0.116. The van der Waals surface area contributed by atoms with Gasteiger partial charge in [-0.1, -0.05) is 30.3 Å². The molecule has 1 saturated carbocycles. The Kier molecular flexibility index (Phi) is 6.22. The van der Waals surface area contributed by atoms with E-state index in [0.717, 1.165) is 12.1 Å². The number of nitrogens with zero attached hydrogens (tertiary/aromatic N) is 1. The van der Waals surface area contributed by atoms with Gasteiger partial charge in [0.1, 0.15) is 23.2 Å². The lowest BCUT2D eigenvalue weighted by Crippen LogP contribution is -2.53. The lowest BCUT2D eigenvalue weighted by Gasteiger charge is -2.51. The van der Waals surface area contributed by atoms with Crippen LogP contribution in [-0.4, -0.2) is 35.8 Å². The number of carbonyl (C=O) groups excluding carboxylic acids is 1. The van der Waals surface area contributed by atoms with Gasteiger partial charge in [0.15, 0.2) is 0 Å². The largest absolute Gasteiger partial charge is 0.390 e. The highest BCUT2D eigenvalue weighted by atomic mass is 32.2. The van der Waals surface area contributed by atoms with Crippen LogP contribution >= 0.6 is 0 Å². The molecule has 1 saturated heterocycles. The van der Waals surface area contributed by atoms with E-state index in [1.54, 1.807) is 38.1 Å². The molecule has 2 fully saturated rings. The molecule has 4 rings (SSSR count). The minimum atomic E-state index is -3.79. The molecule has 8 heteroatoms. The Morgan fingerprint density at radius 3 is 2.39 bits per heavy atom. The Morgan fingerprint density at radius 2 is 1.79 bits per heavy atom. The number of aldehydes is 1. The molecule has 2 aromatic carbocycles. The Balaban J connectivity index is 1.65. The second kappa shape index (κ2) is 8.56. The van der Waals surface area contributed by atoms with E-state index in [4.69, 9.17) is 0 Å². The first-order valence-electron chi connectivity index (χ1n) is 11.2. The molecule has 5 nitrogen and oxygen atoms in total. The molecule has 0 unspecified atom stereocenters. The smallest absolute Gasteiger partial charge is 0.221 e. The SMILES string of the molecule is C[C@H]1CC[C@H](c2ccccc2)S(=O)(=O)N1Cc1cc(F)c(C2(CC=O)CC(C)(O)C2)cc1F. The van der Waals surface area contributed by atoms with E-state index in [0.29, 0.717) is 24.7 Å². The van der Waals surface area contributed by atoms with E-state index >= 15 is 8.78 Å². The summed E-state index contributed by atoms with van der Waals surface area (Å²) in [6.45, 7) is 3.11. The van der Waals surface area contributed by atoms with Crippen molar-refractivity contribution in [1.82, 2.24) is 4.31 Å². The monoisotopic (exact) mass is 477 g/mol. The lowest BCUT2D eigenvalue weighted by atomic mass is 9.55.